The van der Waals surface area contributed by atoms with E-state index in [1.54, 1.807) is 0 Å². The molecule has 2 saturated carbocycles. The number of hydrogen-bond donors (Lipinski definition) is 0. The van der Waals surface area contributed by atoms with Crippen molar-refractivity contribution in [2.45, 2.75) is 83.7 Å². The highest BCUT2D eigenvalue weighted by molar-refractivity contribution is 5.70. The number of carbonyl (C=O) groups excluding carboxylic acids is 1. The highest BCUT2D eigenvalue weighted by Gasteiger charge is 2.38. The minimum Gasteiger partial charge on any atom is -0.460 e. The molecule has 0 aromatic heterocycles. The lowest BCUT2D eigenvalue weighted by Crippen LogP contribution is -2.26. The number of carbonyl (C=O) groups is 1. The molecule has 1 aromatic carbocycles. The largest absolute Gasteiger partial charge is 0.460 e. The van der Waals surface area contributed by atoms with Crippen LogP contribution in [0, 0.1) is 17.8 Å². The van der Waals surface area contributed by atoms with Gasteiger partial charge in [0, 0.05) is 6.42 Å². The molecule has 1 aromatic rings. The van der Waals surface area contributed by atoms with Gasteiger partial charge in [-0.15, -0.1) is 0 Å². The number of benzene rings is 1. The van der Waals surface area contributed by atoms with E-state index in [4.69, 9.17) is 4.74 Å². The van der Waals surface area contributed by atoms with Gasteiger partial charge in [0.1, 0.15) is 5.60 Å². The molecule has 138 valence electrons. The molecule has 1 unspecified atom stereocenters. The molecule has 2 nitrogen and oxygen atoms in total. The van der Waals surface area contributed by atoms with Crippen molar-refractivity contribution in [1.29, 1.82) is 0 Å². The fourth-order valence-electron chi connectivity index (χ4n) is 4.47. The van der Waals surface area contributed by atoms with Gasteiger partial charge in [0.05, 0.1) is 0 Å². The average Bonchev–Trinajstić information content (AvgIpc) is 3.33. The molecule has 2 heteroatoms. The highest BCUT2D eigenvalue weighted by Crippen LogP contribution is 2.51. The van der Waals surface area contributed by atoms with E-state index in [9.17, 15) is 4.79 Å². The Morgan fingerprint density at radius 3 is 2.28 bits per heavy atom. The fraction of sp³-hybridized carbons (Fsp3) is 0.696. The van der Waals surface area contributed by atoms with Gasteiger partial charge in [-0.1, -0.05) is 49.6 Å². The van der Waals surface area contributed by atoms with Gasteiger partial charge in [-0.2, -0.15) is 0 Å². The zero-order chi connectivity index (χ0) is 17.9. The number of ether oxygens (including phenoxy) is 1. The molecular weight excluding hydrogens is 308 g/mol. The SMILES string of the molecule is CC(C)(C)OC(=O)CC1CCC(CC[C@H]2CC2c2ccccc2)CC1. The van der Waals surface area contributed by atoms with Crippen molar-refractivity contribution in [1.82, 2.24) is 0 Å². The quantitative estimate of drug-likeness (QED) is 0.583. The lowest BCUT2D eigenvalue weighted by atomic mass is 9.78. The number of hydrogen-bond acceptors (Lipinski definition) is 2. The maximum absolute atomic E-state index is 12.0. The molecule has 0 saturated heterocycles. The van der Waals surface area contributed by atoms with Gasteiger partial charge in [0.25, 0.3) is 0 Å². The average molecular weight is 343 g/mol. The Morgan fingerprint density at radius 2 is 1.64 bits per heavy atom. The molecule has 2 atom stereocenters. The van der Waals surface area contributed by atoms with Gasteiger partial charge in [-0.3, -0.25) is 4.79 Å². The molecule has 25 heavy (non-hydrogen) atoms. The van der Waals surface area contributed by atoms with Crippen molar-refractivity contribution in [3.63, 3.8) is 0 Å². The lowest BCUT2D eigenvalue weighted by molar-refractivity contribution is -0.156. The monoisotopic (exact) mass is 342 g/mol. The lowest BCUT2D eigenvalue weighted by Gasteiger charge is -2.29. The van der Waals surface area contributed by atoms with Crippen LogP contribution >= 0.6 is 0 Å². The Hall–Kier alpha value is -1.31. The second-order valence-corrected chi connectivity index (χ2v) is 9.27. The Morgan fingerprint density at radius 1 is 1.00 bits per heavy atom. The minimum atomic E-state index is -0.353. The Bertz CT molecular complexity index is 549. The molecule has 2 aliphatic rings. The summed E-state index contributed by atoms with van der Waals surface area (Å²) in [5.41, 5.74) is 1.18. The van der Waals surface area contributed by atoms with E-state index < -0.39 is 0 Å². The molecule has 0 heterocycles. The van der Waals surface area contributed by atoms with E-state index in [0.29, 0.717) is 12.3 Å². The zero-order valence-corrected chi connectivity index (χ0v) is 16.2. The summed E-state index contributed by atoms with van der Waals surface area (Å²) in [6, 6.07) is 11.0. The predicted molar refractivity (Wildman–Crippen MR) is 102 cm³/mol. The van der Waals surface area contributed by atoms with Gasteiger partial charge in [-0.05, 0) is 75.7 Å². The first-order valence-corrected chi connectivity index (χ1v) is 10.2. The molecule has 0 aliphatic heterocycles. The summed E-state index contributed by atoms with van der Waals surface area (Å²) in [5, 5.41) is 0. The Kier molecular flexibility index (Phi) is 5.86. The first kappa shape index (κ1) is 18.5. The molecule has 0 amide bonds. The summed E-state index contributed by atoms with van der Waals surface area (Å²) in [4.78, 5) is 12.0. The molecule has 2 fully saturated rings. The number of rotatable bonds is 6. The predicted octanol–water partition coefficient (Wildman–Crippen LogP) is 6.11. The molecule has 0 radical (unpaired) electrons. The van der Waals surface area contributed by atoms with Crippen molar-refractivity contribution < 1.29 is 9.53 Å². The standard InChI is InChI=1S/C23H34O2/c1-23(2,3)25-22(24)15-18-11-9-17(10-12-18)13-14-20-16-21(20)19-7-5-4-6-8-19/h4-8,17-18,20-21H,9-16H2,1-3H3/t17?,18?,20-,21?/m0/s1. The van der Waals surface area contributed by atoms with E-state index in [1.165, 1.54) is 50.5 Å². The van der Waals surface area contributed by atoms with Crippen molar-refractivity contribution in [2.24, 2.45) is 17.8 Å². The second-order valence-electron chi connectivity index (χ2n) is 9.27. The van der Waals surface area contributed by atoms with Crippen LogP contribution < -0.4 is 0 Å². The van der Waals surface area contributed by atoms with Crippen LogP contribution in [0.3, 0.4) is 0 Å². The van der Waals surface area contributed by atoms with Gasteiger partial charge in [-0.25, -0.2) is 0 Å². The molecule has 2 aliphatic carbocycles. The Labute approximate surface area is 153 Å². The van der Waals surface area contributed by atoms with Crippen LogP contribution in [-0.4, -0.2) is 11.6 Å². The minimum absolute atomic E-state index is 0.0142. The summed E-state index contributed by atoms with van der Waals surface area (Å²) in [5.74, 6) is 3.15. The topological polar surface area (TPSA) is 26.3 Å². The van der Waals surface area contributed by atoms with Crippen LogP contribution in [0.2, 0.25) is 0 Å². The van der Waals surface area contributed by atoms with Crippen LogP contribution in [0.5, 0.6) is 0 Å². The zero-order valence-electron chi connectivity index (χ0n) is 16.2. The third-order valence-electron chi connectivity index (χ3n) is 5.94. The molecule has 3 rings (SSSR count). The summed E-state index contributed by atoms with van der Waals surface area (Å²) < 4.78 is 5.47. The maximum Gasteiger partial charge on any atom is 0.306 e. The van der Waals surface area contributed by atoms with Crippen LogP contribution in [-0.2, 0) is 9.53 Å². The van der Waals surface area contributed by atoms with Crippen LogP contribution in [0.1, 0.15) is 83.6 Å². The highest BCUT2D eigenvalue weighted by atomic mass is 16.6. The first-order chi connectivity index (χ1) is 11.9. The van der Waals surface area contributed by atoms with Gasteiger partial charge < -0.3 is 4.74 Å². The normalized spacial score (nSPS) is 29.2. The van der Waals surface area contributed by atoms with E-state index in [-0.39, 0.29) is 11.6 Å². The third-order valence-corrected chi connectivity index (χ3v) is 5.94. The van der Waals surface area contributed by atoms with Crippen molar-refractivity contribution in [2.75, 3.05) is 0 Å². The maximum atomic E-state index is 12.0. The van der Waals surface area contributed by atoms with Crippen LogP contribution in [0.4, 0.5) is 0 Å². The summed E-state index contributed by atoms with van der Waals surface area (Å²) >= 11 is 0. The van der Waals surface area contributed by atoms with E-state index in [1.807, 2.05) is 20.8 Å². The van der Waals surface area contributed by atoms with Crippen molar-refractivity contribution in [3.05, 3.63) is 35.9 Å². The number of esters is 1. The fourth-order valence-corrected chi connectivity index (χ4v) is 4.47. The van der Waals surface area contributed by atoms with E-state index >= 15 is 0 Å². The van der Waals surface area contributed by atoms with Crippen LogP contribution in [0.25, 0.3) is 0 Å². The molecule has 0 N–H and O–H groups in total. The van der Waals surface area contributed by atoms with E-state index in [2.05, 4.69) is 30.3 Å². The van der Waals surface area contributed by atoms with Crippen LogP contribution in [0.15, 0.2) is 30.3 Å². The molecule has 0 bridgehead atoms. The van der Waals surface area contributed by atoms with Crippen molar-refractivity contribution in [3.8, 4) is 0 Å². The summed E-state index contributed by atoms with van der Waals surface area (Å²) in [6.07, 6.45) is 9.79. The summed E-state index contributed by atoms with van der Waals surface area (Å²) in [6.45, 7) is 5.84. The first-order valence-electron chi connectivity index (χ1n) is 10.2. The van der Waals surface area contributed by atoms with Crippen molar-refractivity contribution >= 4 is 5.97 Å². The third kappa shape index (κ3) is 5.87. The summed E-state index contributed by atoms with van der Waals surface area (Å²) in [7, 11) is 0. The molecular formula is C23H34O2. The smallest absolute Gasteiger partial charge is 0.306 e. The Balaban J connectivity index is 1.32. The van der Waals surface area contributed by atoms with Gasteiger partial charge in [0.15, 0.2) is 0 Å². The van der Waals surface area contributed by atoms with Gasteiger partial charge >= 0.3 is 5.97 Å². The van der Waals surface area contributed by atoms with Gasteiger partial charge in [0.2, 0.25) is 0 Å². The second kappa shape index (κ2) is 7.93. The molecule has 0 spiro atoms. The van der Waals surface area contributed by atoms with E-state index in [0.717, 1.165) is 17.8 Å².